The third kappa shape index (κ3) is 4.47. The number of anilines is 1. The highest BCUT2D eigenvalue weighted by Crippen LogP contribution is 2.21. The fraction of sp³-hybridized carbons (Fsp3) is 0.278. The molecule has 0 saturated carbocycles. The summed E-state index contributed by atoms with van der Waals surface area (Å²) < 4.78 is 5.25. The van der Waals surface area contributed by atoms with Crippen LogP contribution in [0.1, 0.15) is 17.2 Å². The summed E-state index contributed by atoms with van der Waals surface area (Å²) in [4.78, 5) is 13.4. The van der Waals surface area contributed by atoms with Gasteiger partial charge in [-0.3, -0.25) is 0 Å². The van der Waals surface area contributed by atoms with E-state index in [2.05, 4.69) is 30.5 Å². The molecule has 0 unspecified atom stereocenters. The first kappa shape index (κ1) is 16.8. The molecular formula is C18H20N6O. The normalized spacial score (nSPS) is 10.5. The van der Waals surface area contributed by atoms with E-state index in [9.17, 15) is 0 Å². The molecule has 3 rings (SSSR count). The highest BCUT2D eigenvalue weighted by atomic mass is 16.5. The second-order valence-corrected chi connectivity index (χ2v) is 5.64. The number of aromatic nitrogens is 5. The molecule has 3 aromatic rings. The molecule has 7 heteroatoms. The van der Waals surface area contributed by atoms with Gasteiger partial charge in [-0.05, 0) is 32.0 Å². The lowest BCUT2D eigenvalue weighted by molar-refractivity contribution is 0.415. The van der Waals surface area contributed by atoms with Crippen molar-refractivity contribution in [3.05, 3.63) is 53.7 Å². The molecule has 0 radical (unpaired) electrons. The van der Waals surface area contributed by atoms with E-state index in [-0.39, 0.29) is 0 Å². The van der Waals surface area contributed by atoms with E-state index in [0.29, 0.717) is 18.9 Å². The summed E-state index contributed by atoms with van der Waals surface area (Å²) in [6.45, 7) is 4.57. The third-order valence-corrected chi connectivity index (χ3v) is 3.58. The van der Waals surface area contributed by atoms with E-state index in [1.807, 2.05) is 44.2 Å². The molecule has 0 amide bonds. The molecule has 0 aliphatic heterocycles. The Labute approximate surface area is 146 Å². The zero-order valence-corrected chi connectivity index (χ0v) is 14.5. The number of aryl methyl sites for hydroxylation is 2. The standard InChI is InChI=1S/C18H20N6O/c1-12-9-13(2)22-17(21-12)7-8-19-18-23-16(11-20-24-18)14-5-4-6-15(10-14)25-3/h4-6,9-11H,7-8H2,1-3H3,(H,19,23,24). The predicted octanol–water partition coefficient (Wildman–Crippen LogP) is 2.61. The summed E-state index contributed by atoms with van der Waals surface area (Å²) in [5.74, 6) is 2.06. The number of methoxy groups -OCH3 is 1. The molecule has 2 aromatic heterocycles. The largest absolute Gasteiger partial charge is 0.497 e. The van der Waals surface area contributed by atoms with Crippen LogP contribution in [-0.4, -0.2) is 38.8 Å². The number of rotatable bonds is 6. The lowest BCUT2D eigenvalue weighted by Gasteiger charge is -2.07. The Balaban J connectivity index is 1.67. The van der Waals surface area contributed by atoms with Gasteiger partial charge in [0, 0.05) is 29.9 Å². The zero-order valence-electron chi connectivity index (χ0n) is 14.5. The maximum atomic E-state index is 5.25. The van der Waals surface area contributed by atoms with Crippen LogP contribution in [0.4, 0.5) is 5.95 Å². The maximum absolute atomic E-state index is 5.25. The summed E-state index contributed by atoms with van der Waals surface area (Å²) in [5.41, 5.74) is 3.61. The third-order valence-electron chi connectivity index (χ3n) is 3.58. The average molecular weight is 336 g/mol. The molecule has 2 heterocycles. The Morgan fingerprint density at radius 2 is 1.84 bits per heavy atom. The van der Waals surface area contributed by atoms with Crippen molar-refractivity contribution in [2.45, 2.75) is 20.3 Å². The number of nitrogens with zero attached hydrogens (tertiary/aromatic N) is 5. The van der Waals surface area contributed by atoms with Crippen LogP contribution in [0.25, 0.3) is 11.3 Å². The van der Waals surface area contributed by atoms with Crippen molar-refractivity contribution in [2.75, 3.05) is 19.0 Å². The lowest BCUT2D eigenvalue weighted by Crippen LogP contribution is -2.11. The Morgan fingerprint density at radius 3 is 2.60 bits per heavy atom. The van der Waals surface area contributed by atoms with Crippen LogP contribution >= 0.6 is 0 Å². The fourth-order valence-corrected chi connectivity index (χ4v) is 2.50. The minimum absolute atomic E-state index is 0.477. The van der Waals surface area contributed by atoms with E-state index < -0.39 is 0 Å². The Kier molecular flexibility index (Phi) is 5.13. The van der Waals surface area contributed by atoms with Crippen LogP contribution in [0, 0.1) is 13.8 Å². The molecule has 0 aliphatic carbocycles. The number of hydrogen-bond donors (Lipinski definition) is 1. The van der Waals surface area contributed by atoms with Crippen molar-refractivity contribution in [1.82, 2.24) is 25.1 Å². The van der Waals surface area contributed by atoms with Gasteiger partial charge in [-0.1, -0.05) is 12.1 Å². The number of hydrogen-bond acceptors (Lipinski definition) is 7. The van der Waals surface area contributed by atoms with Crippen LogP contribution in [-0.2, 0) is 6.42 Å². The van der Waals surface area contributed by atoms with Gasteiger partial charge in [0.15, 0.2) is 0 Å². The Morgan fingerprint density at radius 1 is 1.04 bits per heavy atom. The van der Waals surface area contributed by atoms with Crippen LogP contribution in [0.5, 0.6) is 5.75 Å². The minimum Gasteiger partial charge on any atom is -0.497 e. The minimum atomic E-state index is 0.477. The van der Waals surface area contributed by atoms with Crippen LogP contribution in [0.15, 0.2) is 36.5 Å². The summed E-state index contributed by atoms with van der Waals surface area (Å²) in [5, 5.41) is 11.2. The SMILES string of the molecule is COc1cccc(-c2cnnc(NCCc3nc(C)cc(C)n3)n2)c1. The summed E-state index contributed by atoms with van der Waals surface area (Å²) in [6, 6.07) is 9.64. The van der Waals surface area contributed by atoms with E-state index >= 15 is 0 Å². The van der Waals surface area contributed by atoms with Gasteiger partial charge in [-0.25, -0.2) is 15.0 Å². The van der Waals surface area contributed by atoms with E-state index in [0.717, 1.165) is 34.2 Å². The molecule has 7 nitrogen and oxygen atoms in total. The summed E-state index contributed by atoms with van der Waals surface area (Å²) >= 11 is 0. The summed E-state index contributed by atoms with van der Waals surface area (Å²) in [6.07, 6.45) is 2.32. The van der Waals surface area contributed by atoms with Gasteiger partial charge in [0.05, 0.1) is 19.0 Å². The second-order valence-electron chi connectivity index (χ2n) is 5.64. The maximum Gasteiger partial charge on any atom is 0.243 e. The van der Waals surface area contributed by atoms with Crippen molar-refractivity contribution in [1.29, 1.82) is 0 Å². The van der Waals surface area contributed by atoms with Crippen molar-refractivity contribution in [2.24, 2.45) is 0 Å². The van der Waals surface area contributed by atoms with Crippen LogP contribution in [0.2, 0.25) is 0 Å². The van der Waals surface area contributed by atoms with Gasteiger partial charge in [-0.2, -0.15) is 5.10 Å². The molecule has 128 valence electrons. The molecule has 25 heavy (non-hydrogen) atoms. The molecule has 0 saturated heterocycles. The zero-order chi connectivity index (χ0) is 17.6. The molecule has 0 fully saturated rings. The van der Waals surface area contributed by atoms with Crippen molar-refractivity contribution >= 4 is 5.95 Å². The van der Waals surface area contributed by atoms with Crippen molar-refractivity contribution in [3.63, 3.8) is 0 Å². The molecular weight excluding hydrogens is 316 g/mol. The van der Waals surface area contributed by atoms with Crippen molar-refractivity contribution < 1.29 is 4.74 Å². The monoisotopic (exact) mass is 336 g/mol. The molecule has 0 bridgehead atoms. The van der Waals surface area contributed by atoms with E-state index in [1.54, 1.807) is 13.3 Å². The first-order chi connectivity index (χ1) is 12.1. The Hall–Kier alpha value is -3.09. The van der Waals surface area contributed by atoms with Gasteiger partial charge in [0.2, 0.25) is 5.95 Å². The van der Waals surface area contributed by atoms with Crippen LogP contribution in [0.3, 0.4) is 0 Å². The fourth-order valence-electron chi connectivity index (χ4n) is 2.50. The Bertz CT molecular complexity index is 847. The molecule has 0 spiro atoms. The van der Waals surface area contributed by atoms with E-state index in [1.165, 1.54) is 0 Å². The number of nitrogens with one attached hydrogen (secondary N) is 1. The smallest absolute Gasteiger partial charge is 0.243 e. The first-order valence-electron chi connectivity index (χ1n) is 8.03. The number of ether oxygens (including phenoxy) is 1. The molecule has 0 atom stereocenters. The van der Waals surface area contributed by atoms with Crippen LogP contribution < -0.4 is 10.1 Å². The van der Waals surface area contributed by atoms with Crippen molar-refractivity contribution in [3.8, 4) is 17.0 Å². The topological polar surface area (TPSA) is 85.7 Å². The molecule has 1 N–H and O–H groups in total. The van der Waals surface area contributed by atoms with E-state index in [4.69, 9.17) is 4.74 Å². The lowest BCUT2D eigenvalue weighted by atomic mass is 10.1. The summed E-state index contributed by atoms with van der Waals surface area (Å²) in [7, 11) is 1.64. The average Bonchev–Trinajstić information content (AvgIpc) is 2.61. The quantitative estimate of drug-likeness (QED) is 0.740. The van der Waals surface area contributed by atoms with Gasteiger partial charge in [0.25, 0.3) is 0 Å². The second kappa shape index (κ2) is 7.65. The van der Waals surface area contributed by atoms with Gasteiger partial charge in [0.1, 0.15) is 11.6 Å². The molecule has 0 aliphatic rings. The van der Waals surface area contributed by atoms with Gasteiger partial charge in [-0.15, -0.1) is 5.10 Å². The first-order valence-corrected chi connectivity index (χ1v) is 8.03. The predicted molar refractivity (Wildman–Crippen MR) is 95.5 cm³/mol. The van der Waals surface area contributed by atoms with Gasteiger partial charge < -0.3 is 10.1 Å². The van der Waals surface area contributed by atoms with Gasteiger partial charge >= 0.3 is 0 Å². The highest BCUT2D eigenvalue weighted by Gasteiger charge is 2.05. The molecule has 1 aromatic carbocycles. The highest BCUT2D eigenvalue weighted by molar-refractivity contribution is 5.61. The number of benzene rings is 1.